The first-order valence-electron chi connectivity index (χ1n) is 6.40. The summed E-state index contributed by atoms with van der Waals surface area (Å²) < 4.78 is 0. The number of phenols is 1. The highest BCUT2D eigenvalue weighted by atomic mass is 16.3. The number of rotatable bonds is 5. The molecule has 100 valence electrons. The van der Waals surface area contributed by atoms with Gasteiger partial charge in [0.05, 0.1) is 0 Å². The van der Waals surface area contributed by atoms with Crippen LogP contribution in [0.5, 0.6) is 5.75 Å². The average molecular weight is 256 g/mol. The van der Waals surface area contributed by atoms with E-state index >= 15 is 0 Å². The highest BCUT2D eigenvalue weighted by Gasteiger charge is 2.04. The minimum Gasteiger partial charge on any atom is -0.508 e. The van der Waals surface area contributed by atoms with E-state index in [0.29, 0.717) is 12.3 Å². The first-order chi connectivity index (χ1) is 9.16. The Morgan fingerprint density at radius 1 is 0.947 bits per heavy atom. The highest BCUT2D eigenvalue weighted by Crippen LogP contribution is 2.20. The van der Waals surface area contributed by atoms with Gasteiger partial charge in [-0.1, -0.05) is 36.4 Å². The van der Waals surface area contributed by atoms with Crippen LogP contribution in [0.3, 0.4) is 0 Å². The number of hydrogen-bond donors (Lipinski definition) is 2. The van der Waals surface area contributed by atoms with E-state index in [2.05, 4.69) is 36.4 Å². The lowest BCUT2D eigenvalue weighted by Gasteiger charge is -2.15. The fourth-order valence-electron chi connectivity index (χ4n) is 2.02. The van der Waals surface area contributed by atoms with Crippen molar-refractivity contribution in [1.29, 1.82) is 0 Å². The average Bonchev–Trinajstić information content (AvgIpc) is 2.39. The third kappa shape index (κ3) is 3.73. The highest BCUT2D eigenvalue weighted by molar-refractivity contribution is 5.52. The number of benzene rings is 2. The second kappa shape index (κ2) is 6.25. The molecule has 2 aromatic rings. The maximum atomic E-state index is 9.76. The van der Waals surface area contributed by atoms with Crippen molar-refractivity contribution in [3.63, 3.8) is 0 Å². The van der Waals surface area contributed by atoms with Crippen molar-refractivity contribution in [2.45, 2.75) is 13.1 Å². The SMILES string of the molecule is CN(C)Cc1ccccc1NCc1ccccc1O. The Bertz CT molecular complexity index is 538. The van der Waals surface area contributed by atoms with Crippen LogP contribution in [0.2, 0.25) is 0 Å². The van der Waals surface area contributed by atoms with Crippen molar-refractivity contribution >= 4 is 5.69 Å². The third-order valence-electron chi connectivity index (χ3n) is 2.96. The van der Waals surface area contributed by atoms with E-state index < -0.39 is 0 Å². The lowest BCUT2D eigenvalue weighted by Crippen LogP contribution is -2.12. The molecule has 2 N–H and O–H groups in total. The first-order valence-corrected chi connectivity index (χ1v) is 6.40. The minimum atomic E-state index is 0.333. The molecule has 2 rings (SSSR count). The molecule has 0 spiro atoms. The predicted octanol–water partition coefficient (Wildman–Crippen LogP) is 3.07. The van der Waals surface area contributed by atoms with Crippen LogP contribution >= 0.6 is 0 Å². The molecule has 0 fully saturated rings. The van der Waals surface area contributed by atoms with Crippen molar-refractivity contribution in [2.75, 3.05) is 19.4 Å². The van der Waals surface area contributed by atoms with Gasteiger partial charge in [-0.3, -0.25) is 0 Å². The summed E-state index contributed by atoms with van der Waals surface area (Å²) in [4.78, 5) is 2.14. The van der Waals surface area contributed by atoms with E-state index in [0.717, 1.165) is 17.8 Å². The molecule has 0 saturated carbocycles. The third-order valence-corrected chi connectivity index (χ3v) is 2.96. The zero-order chi connectivity index (χ0) is 13.7. The molecule has 0 bridgehead atoms. The molecule has 0 unspecified atom stereocenters. The fraction of sp³-hybridized carbons (Fsp3) is 0.250. The smallest absolute Gasteiger partial charge is 0.120 e. The van der Waals surface area contributed by atoms with E-state index in [4.69, 9.17) is 0 Å². The van der Waals surface area contributed by atoms with E-state index in [9.17, 15) is 5.11 Å². The Balaban J connectivity index is 2.09. The minimum absolute atomic E-state index is 0.333. The molecular weight excluding hydrogens is 236 g/mol. The zero-order valence-corrected chi connectivity index (χ0v) is 11.4. The van der Waals surface area contributed by atoms with Gasteiger partial charge in [0.1, 0.15) is 5.75 Å². The topological polar surface area (TPSA) is 35.5 Å². The number of phenolic OH excluding ortho intramolecular Hbond substituents is 1. The normalized spacial score (nSPS) is 10.7. The standard InChI is InChI=1S/C16H20N2O/c1-18(2)12-14-8-3-5-9-15(14)17-11-13-7-4-6-10-16(13)19/h3-10,17,19H,11-12H2,1-2H3. The molecule has 0 aliphatic carbocycles. The van der Waals surface area contributed by atoms with Crippen LogP contribution in [0.25, 0.3) is 0 Å². The van der Waals surface area contributed by atoms with Gasteiger partial charge in [-0.25, -0.2) is 0 Å². The number of nitrogens with one attached hydrogen (secondary N) is 1. The van der Waals surface area contributed by atoms with E-state index in [-0.39, 0.29) is 0 Å². The Morgan fingerprint density at radius 3 is 2.26 bits per heavy atom. The van der Waals surface area contributed by atoms with Gasteiger partial charge in [0.25, 0.3) is 0 Å². The molecule has 0 aliphatic rings. The van der Waals surface area contributed by atoms with Crippen LogP contribution in [0.1, 0.15) is 11.1 Å². The van der Waals surface area contributed by atoms with Gasteiger partial charge in [0.2, 0.25) is 0 Å². The monoisotopic (exact) mass is 256 g/mol. The van der Waals surface area contributed by atoms with Crippen LogP contribution in [0, 0.1) is 0 Å². The van der Waals surface area contributed by atoms with Crippen LogP contribution < -0.4 is 5.32 Å². The van der Waals surface area contributed by atoms with E-state index in [1.54, 1.807) is 6.07 Å². The van der Waals surface area contributed by atoms with Gasteiger partial charge in [0.15, 0.2) is 0 Å². The lowest BCUT2D eigenvalue weighted by molar-refractivity contribution is 0.403. The maximum Gasteiger partial charge on any atom is 0.120 e. The van der Waals surface area contributed by atoms with Gasteiger partial charge >= 0.3 is 0 Å². The largest absolute Gasteiger partial charge is 0.508 e. The number of nitrogens with zero attached hydrogens (tertiary/aromatic N) is 1. The summed E-state index contributed by atoms with van der Waals surface area (Å²) in [7, 11) is 4.11. The summed E-state index contributed by atoms with van der Waals surface area (Å²) in [6.45, 7) is 1.51. The second-order valence-electron chi connectivity index (χ2n) is 4.88. The second-order valence-corrected chi connectivity index (χ2v) is 4.88. The van der Waals surface area contributed by atoms with Crippen LogP contribution in [-0.4, -0.2) is 24.1 Å². The van der Waals surface area contributed by atoms with Crippen LogP contribution in [-0.2, 0) is 13.1 Å². The Morgan fingerprint density at radius 2 is 1.58 bits per heavy atom. The molecule has 3 nitrogen and oxygen atoms in total. The Kier molecular flexibility index (Phi) is 4.42. The van der Waals surface area contributed by atoms with Crippen LogP contribution in [0.15, 0.2) is 48.5 Å². The van der Waals surface area contributed by atoms with Crippen molar-refractivity contribution in [3.05, 3.63) is 59.7 Å². The van der Waals surface area contributed by atoms with Gasteiger partial charge in [-0.2, -0.15) is 0 Å². The van der Waals surface area contributed by atoms with Crippen molar-refractivity contribution in [1.82, 2.24) is 4.90 Å². The summed E-state index contributed by atoms with van der Waals surface area (Å²) >= 11 is 0. The first kappa shape index (κ1) is 13.4. The number of aromatic hydroxyl groups is 1. The van der Waals surface area contributed by atoms with Crippen molar-refractivity contribution in [3.8, 4) is 5.75 Å². The summed E-state index contributed by atoms with van der Waals surface area (Å²) in [5, 5.41) is 13.1. The van der Waals surface area contributed by atoms with Crippen molar-refractivity contribution in [2.24, 2.45) is 0 Å². The summed E-state index contributed by atoms with van der Waals surface area (Å²) in [5.41, 5.74) is 3.27. The van der Waals surface area contributed by atoms with Gasteiger partial charge in [-0.05, 0) is 31.8 Å². The van der Waals surface area contributed by atoms with Gasteiger partial charge in [-0.15, -0.1) is 0 Å². The molecule has 0 aromatic heterocycles. The molecular formula is C16H20N2O. The molecule has 0 aliphatic heterocycles. The number of hydrogen-bond acceptors (Lipinski definition) is 3. The summed E-state index contributed by atoms with van der Waals surface area (Å²) in [5.74, 6) is 0.333. The molecule has 0 atom stereocenters. The molecule has 3 heteroatoms. The lowest BCUT2D eigenvalue weighted by atomic mass is 10.1. The molecule has 19 heavy (non-hydrogen) atoms. The van der Waals surface area contributed by atoms with Gasteiger partial charge < -0.3 is 15.3 Å². The molecule has 0 amide bonds. The van der Waals surface area contributed by atoms with Crippen LogP contribution in [0.4, 0.5) is 5.69 Å². The summed E-state index contributed by atoms with van der Waals surface area (Å²) in [6, 6.07) is 15.7. The molecule has 0 saturated heterocycles. The fourth-order valence-corrected chi connectivity index (χ4v) is 2.02. The van der Waals surface area contributed by atoms with Crippen molar-refractivity contribution < 1.29 is 5.11 Å². The molecule has 0 radical (unpaired) electrons. The number of anilines is 1. The number of para-hydroxylation sites is 2. The molecule has 2 aromatic carbocycles. The zero-order valence-electron chi connectivity index (χ0n) is 11.4. The molecule has 0 heterocycles. The van der Waals surface area contributed by atoms with E-state index in [1.165, 1.54) is 5.56 Å². The Hall–Kier alpha value is -2.00. The quantitative estimate of drug-likeness (QED) is 0.863. The maximum absolute atomic E-state index is 9.76. The predicted molar refractivity (Wildman–Crippen MR) is 79.3 cm³/mol. The van der Waals surface area contributed by atoms with E-state index in [1.807, 2.05) is 30.3 Å². The summed E-state index contributed by atoms with van der Waals surface area (Å²) in [6.07, 6.45) is 0. The van der Waals surface area contributed by atoms with Gasteiger partial charge in [0, 0.05) is 24.3 Å². The Labute approximate surface area is 114 Å².